The number of imidazole rings is 1. The molecule has 0 saturated heterocycles. The lowest BCUT2D eigenvalue weighted by Gasteiger charge is -2.35. The third kappa shape index (κ3) is 3.08. The summed E-state index contributed by atoms with van der Waals surface area (Å²) in [5.74, 6) is 0.995. The molecule has 7 rings (SSSR count). The lowest BCUT2D eigenvalue weighted by Crippen LogP contribution is -2.26. The monoisotopic (exact) mass is 462 g/mol. The van der Waals surface area contributed by atoms with E-state index in [9.17, 15) is 0 Å². The van der Waals surface area contributed by atoms with Crippen molar-refractivity contribution in [2.24, 2.45) is 0 Å². The fourth-order valence-electron chi connectivity index (χ4n) is 5.69. The molecule has 0 amide bonds. The molecule has 2 nitrogen and oxygen atoms in total. The lowest BCUT2D eigenvalue weighted by molar-refractivity contribution is 0.629. The minimum atomic E-state index is -0.140. The van der Waals surface area contributed by atoms with Crippen molar-refractivity contribution in [3.05, 3.63) is 132 Å². The molecule has 0 fully saturated rings. The normalized spacial score (nSPS) is 13.5. The van der Waals surface area contributed by atoms with Crippen LogP contribution in [-0.2, 0) is 5.41 Å². The van der Waals surface area contributed by atoms with Gasteiger partial charge in [-0.2, -0.15) is 0 Å². The number of hydrogen-bond donors (Lipinski definition) is 0. The molecule has 0 atom stereocenters. The first-order chi connectivity index (χ1) is 17.6. The van der Waals surface area contributed by atoms with Crippen molar-refractivity contribution in [2.75, 3.05) is 0 Å². The van der Waals surface area contributed by atoms with Gasteiger partial charge in [-0.25, -0.2) is 4.98 Å². The predicted molar refractivity (Wildman–Crippen MR) is 150 cm³/mol. The second-order valence-electron chi connectivity index (χ2n) is 10.1. The van der Waals surface area contributed by atoms with Gasteiger partial charge in [0.25, 0.3) is 0 Å². The molecule has 0 saturated carbocycles. The highest BCUT2D eigenvalue weighted by Crippen LogP contribution is 2.47. The highest BCUT2D eigenvalue weighted by Gasteiger charge is 2.35. The zero-order chi connectivity index (χ0) is 24.3. The first kappa shape index (κ1) is 20.9. The number of hydrogen-bond acceptors (Lipinski definition) is 1. The Hall–Kier alpha value is -4.43. The van der Waals surface area contributed by atoms with Crippen LogP contribution in [0.4, 0.5) is 0 Å². The number of aromatic nitrogens is 2. The van der Waals surface area contributed by atoms with Crippen molar-refractivity contribution in [1.82, 2.24) is 9.55 Å². The maximum absolute atomic E-state index is 5.10. The minimum absolute atomic E-state index is 0.140. The summed E-state index contributed by atoms with van der Waals surface area (Å²) < 4.78 is 2.36. The van der Waals surface area contributed by atoms with Gasteiger partial charge in [0.05, 0.1) is 16.7 Å². The van der Waals surface area contributed by atoms with Gasteiger partial charge in [0.15, 0.2) is 0 Å². The summed E-state index contributed by atoms with van der Waals surface area (Å²) in [7, 11) is 0. The van der Waals surface area contributed by atoms with Gasteiger partial charge < -0.3 is 0 Å². The van der Waals surface area contributed by atoms with Gasteiger partial charge in [0.2, 0.25) is 0 Å². The van der Waals surface area contributed by atoms with E-state index in [1.54, 1.807) is 0 Å². The van der Waals surface area contributed by atoms with Crippen molar-refractivity contribution in [3.8, 4) is 39.3 Å². The Labute approximate surface area is 211 Å². The Kier molecular flexibility index (Phi) is 4.52. The van der Waals surface area contributed by atoms with E-state index >= 15 is 0 Å². The Morgan fingerprint density at radius 3 is 1.81 bits per heavy atom. The highest BCUT2D eigenvalue weighted by molar-refractivity contribution is 5.90. The number of nitrogens with zero attached hydrogens (tertiary/aromatic N) is 2. The Balaban J connectivity index is 1.41. The van der Waals surface area contributed by atoms with Crippen molar-refractivity contribution in [2.45, 2.75) is 19.3 Å². The van der Waals surface area contributed by atoms with Crippen LogP contribution in [0.2, 0.25) is 0 Å². The molecule has 0 unspecified atom stereocenters. The summed E-state index contributed by atoms with van der Waals surface area (Å²) in [6.45, 7) is 4.67. The summed E-state index contributed by atoms with van der Waals surface area (Å²) in [6.07, 6.45) is 0. The summed E-state index contributed by atoms with van der Waals surface area (Å²) >= 11 is 0. The smallest absolute Gasteiger partial charge is 0.145 e. The second-order valence-corrected chi connectivity index (χ2v) is 10.1. The minimum Gasteiger partial charge on any atom is -0.292 e. The standard InChI is InChI=1S/C34H26N2/c1-34(2)28-14-9-15-30-32(28)36(33(35-30)26-12-7-4-8-13-26)31-21-20-27(22-29(31)34)25-18-16-24(17-19-25)23-10-5-3-6-11-23/h3-22H,1-2H3. The fraction of sp³-hybridized carbons (Fsp3) is 0.0882. The van der Waals surface area contributed by atoms with Crippen molar-refractivity contribution in [3.63, 3.8) is 0 Å². The Morgan fingerprint density at radius 1 is 0.528 bits per heavy atom. The number of rotatable bonds is 3. The lowest BCUT2D eigenvalue weighted by atomic mass is 9.74. The molecule has 6 aromatic rings. The van der Waals surface area contributed by atoms with E-state index in [1.165, 1.54) is 44.6 Å². The zero-order valence-electron chi connectivity index (χ0n) is 20.4. The highest BCUT2D eigenvalue weighted by atomic mass is 15.1. The van der Waals surface area contributed by atoms with E-state index in [-0.39, 0.29) is 5.41 Å². The van der Waals surface area contributed by atoms with Gasteiger partial charge in [0.1, 0.15) is 5.82 Å². The molecule has 172 valence electrons. The fourth-order valence-corrected chi connectivity index (χ4v) is 5.69. The van der Waals surface area contributed by atoms with Gasteiger partial charge in [-0.3, -0.25) is 4.57 Å². The average Bonchev–Trinajstić information content (AvgIpc) is 3.33. The van der Waals surface area contributed by atoms with Gasteiger partial charge in [-0.05, 0) is 51.6 Å². The SMILES string of the molecule is CC1(C)c2cc(-c3ccc(-c4ccccc4)cc3)ccc2-n2c(-c3ccccc3)nc3cccc1c32. The summed E-state index contributed by atoms with van der Waals surface area (Å²) in [5.41, 5.74) is 12.0. The second kappa shape index (κ2) is 7.79. The van der Waals surface area contributed by atoms with Crippen LogP contribution in [0, 0.1) is 0 Å². The van der Waals surface area contributed by atoms with Crippen LogP contribution in [0.3, 0.4) is 0 Å². The molecular formula is C34H26N2. The van der Waals surface area contributed by atoms with E-state index in [4.69, 9.17) is 4.98 Å². The first-order valence-corrected chi connectivity index (χ1v) is 12.5. The van der Waals surface area contributed by atoms with Crippen molar-refractivity contribution >= 4 is 11.0 Å². The van der Waals surface area contributed by atoms with Gasteiger partial charge in [-0.1, -0.05) is 117 Å². The van der Waals surface area contributed by atoms with Gasteiger partial charge >= 0.3 is 0 Å². The first-order valence-electron chi connectivity index (χ1n) is 12.5. The molecule has 5 aromatic carbocycles. The van der Waals surface area contributed by atoms with Crippen LogP contribution in [0.25, 0.3) is 50.4 Å². The van der Waals surface area contributed by atoms with Crippen molar-refractivity contribution < 1.29 is 0 Å². The maximum atomic E-state index is 5.10. The number of fused-ring (bicyclic) bond motifs is 2. The molecule has 0 aliphatic carbocycles. The van der Waals surface area contributed by atoms with Crippen LogP contribution in [0.15, 0.2) is 121 Å². The number of para-hydroxylation sites is 1. The molecule has 2 heterocycles. The molecule has 1 aliphatic rings. The molecule has 0 N–H and O–H groups in total. The number of benzene rings is 5. The zero-order valence-corrected chi connectivity index (χ0v) is 20.4. The van der Waals surface area contributed by atoms with E-state index < -0.39 is 0 Å². The molecule has 0 radical (unpaired) electrons. The molecule has 36 heavy (non-hydrogen) atoms. The van der Waals surface area contributed by atoms with Crippen molar-refractivity contribution in [1.29, 1.82) is 0 Å². The van der Waals surface area contributed by atoms with Crippen LogP contribution in [0.5, 0.6) is 0 Å². The molecule has 0 spiro atoms. The molecule has 1 aliphatic heterocycles. The van der Waals surface area contributed by atoms with Gasteiger partial charge in [0, 0.05) is 11.0 Å². The average molecular weight is 463 g/mol. The quantitative estimate of drug-likeness (QED) is 0.257. The van der Waals surface area contributed by atoms with Crippen LogP contribution in [-0.4, -0.2) is 9.55 Å². The van der Waals surface area contributed by atoms with Crippen LogP contribution < -0.4 is 0 Å². The van der Waals surface area contributed by atoms with E-state index in [2.05, 4.69) is 140 Å². The molecule has 0 bridgehead atoms. The van der Waals surface area contributed by atoms with Crippen LogP contribution >= 0.6 is 0 Å². The van der Waals surface area contributed by atoms with E-state index in [1.807, 2.05) is 0 Å². The molecular weight excluding hydrogens is 436 g/mol. The largest absolute Gasteiger partial charge is 0.292 e. The van der Waals surface area contributed by atoms with Crippen LogP contribution in [0.1, 0.15) is 25.0 Å². The Morgan fingerprint density at radius 2 is 1.11 bits per heavy atom. The summed E-state index contributed by atoms with van der Waals surface area (Å²) in [6, 6.07) is 43.4. The maximum Gasteiger partial charge on any atom is 0.145 e. The third-order valence-corrected chi connectivity index (χ3v) is 7.62. The predicted octanol–water partition coefficient (Wildman–Crippen LogP) is 8.67. The molecule has 1 aromatic heterocycles. The summed E-state index contributed by atoms with van der Waals surface area (Å²) in [4.78, 5) is 5.10. The summed E-state index contributed by atoms with van der Waals surface area (Å²) in [5, 5.41) is 0. The molecule has 2 heteroatoms. The topological polar surface area (TPSA) is 17.8 Å². The van der Waals surface area contributed by atoms with E-state index in [0.29, 0.717) is 0 Å². The van der Waals surface area contributed by atoms with E-state index in [0.717, 1.165) is 16.9 Å². The Bertz CT molecular complexity index is 1720. The van der Waals surface area contributed by atoms with Gasteiger partial charge in [-0.15, -0.1) is 0 Å². The third-order valence-electron chi connectivity index (χ3n) is 7.62.